The highest BCUT2D eigenvalue weighted by Gasteiger charge is 2.52. The quantitative estimate of drug-likeness (QED) is 0.648. The molecule has 0 amide bonds. The molecule has 0 radical (unpaired) electrons. The molecule has 0 bridgehead atoms. The Morgan fingerprint density at radius 2 is 1.82 bits per heavy atom. The maximum absolute atomic E-state index is 6.11. The summed E-state index contributed by atoms with van der Waals surface area (Å²) < 4.78 is 14.3. The minimum Gasteiger partial charge on any atom is -0.399 e. The first kappa shape index (κ1) is 16.4. The maximum atomic E-state index is 6.11. The van der Waals surface area contributed by atoms with Gasteiger partial charge in [-0.2, -0.15) is 17.7 Å². The van der Waals surface area contributed by atoms with Gasteiger partial charge >= 0.3 is 7.12 Å². The van der Waals surface area contributed by atoms with Crippen LogP contribution in [-0.4, -0.2) is 46.9 Å². The molecule has 2 fully saturated rings. The van der Waals surface area contributed by atoms with Crippen molar-refractivity contribution in [3.8, 4) is 0 Å². The average Bonchev–Trinajstić information content (AvgIpc) is 3.04. The SMILES string of the molecule is CC1(C)OB(c2cnn(C3(CS)CCNCC3)c2)OC1(C)C. The van der Waals surface area contributed by atoms with Crippen LogP contribution in [0.1, 0.15) is 40.5 Å². The molecule has 0 spiro atoms. The highest BCUT2D eigenvalue weighted by atomic mass is 32.1. The number of hydrogen-bond acceptors (Lipinski definition) is 5. The molecule has 3 rings (SSSR count). The molecule has 1 N–H and O–H groups in total. The lowest BCUT2D eigenvalue weighted by atomic mass is 9.81. The third-order valence-corrected chi connectivity index (χ3v) is 6.03. The van der Waals surface area contributed by atoms with Gasteiger partial charge in [-0.25, -0.2) is 0 Å². The van der Waals surface area contributed by atoms with E-state index in [0.29, 0.717) is 0 Å². The van der Waals surface area contributed by atoms with Gasteiger partial charge in [0, 0.05) is 23.6 Å². The molecule has 0 aromatic carbocycles. The van der Waals surface area contributed by atoms with E-state index in [9.17, 15) is 0 Å². The largest absolute Gasteiger partial charge is 0.498 e. The first-order chi connectivity index (χ1) is 10.3. The van der Waals surface area contributed by atoms with Gasteiger partial charge in [0.25, 0.3) is 0 Å². The summed E-state index contributed by atoms with van der Waals surface area (Å²) in [5, 5.41) is 8.01. The molecule has 7 heteroatoms. The lowest BCUT2D eigenvalue weighted by Gasteiger charge is -2.36. The highest BCUT2D eigenvalue weighted by molar-refractivity contribution is 7.80. The molecule has 0 atom stereocenters. The van der Waals surface area contributed by atoms with E-state index >= 15 is 0 Å². The van der Waals surface area contributed by atoms with Crippen LogP contribution in [0.25, 0.3) is 0 Å². The third kappa shape index (κ3) is 2.62. The fraction of sp³-hybridized carbons (Fsp3) is 0.800. The minimum atomic E-state index is -0.350. The highest BCUT2D eigenvalue weighted by Crippen LogP contribution is 2.36. The van der Waals surface area contributed by atoms with Gasteiger partial charge in [0.15, 0.2) is 0 Å². The summed E-state index contributed by atoms with van der Waals surface area (Å²) >= 11 is 4.58. The second-order valence-corrected chi connectivity index (χ2v) is 7.76. The summed E-state index contributed by atoms with van der Waals surface area (Å²) in [7, 11) is -0.350. The zero-order valence-electron chi connectivity index (χ0n) is 13.9. The topological polar surface area (TPSA) is 48.3 Å². The summed E-state index contributed by atoms with van der Waals surface area (Å²) in [5.41, 5.74) is 0.334. The molecule has 3 heterocycles. The van der Waals surface area contributed by atoms with Crippen molar-refractivity contribution in [3.63, 3.8) is 0 Å². The smallest absolute Gasteiger partial charge is 0.399 e. The molecule has 0 unspecified atom stereocenters. The predicted octanol–water partition coefficient (Wildman–Crippen LogP) is 1.19. The Hall–Kier alpha value is -0.495. The van der Waals surface area contributed by atoms with Crippen LogP contribution in [0, 0.1) is 0 Å². The Balaban J connectivity index is 1.83. The van der Waals surface area contributed by atoms with Crippen LogP contribution in [0.5, 0.6) is 0 Å². The van der Waals surface area contributed by atoms with Gasteiger partial charge in [-0.1, -0.05) is 0 Å². The number of hydrogen-bond donors (Lipinski definition) is 2. The summed E-state index contributed by atoms with van der Waals surface area (Å²) in [4.78, 5) is 0. The van der Waals surface area contributed by atoms with Crippen LogP contribution in [0.4, 0.5) is 0 Å². The summed E-state index contributed by atoms with van der Waals surface area (Å²) in [6.07, 6.45) is 6.03. The number of nitrogens with zero attached hydrogens (tertiary/aromatic N) is 2. The second kappa shape index (κ2) is 5.55. The van der Waals surface area contributed by atoms with Crippen molar-refractivity contribution in [2.45, 2.75) is 57.3 Å². The molecule has 0 aliphatic carbocycles. The monoisotopic (exact) mass is 323 g/mol. The Morgan fingerprint density at radius 3 is 2.36 bits per heavy atom. The first-order valence-corrected chi connectivity index (χ1v) is 8.65. The van der Waals surface area contributed by atoms with E-state index in [0.717, 1.165) is 37.1 Å². The predicted molar refractivity (Wildman–Crippen MR) is 91.9 cm³/mol. The summed E-state index contributed by atoms with van der Waals surface area (Å²) in [6.45, 7) is 10.3. The standard InChI is InChI=1S/C15H26BN3O2S/c1-13(2)14(3,4)21-16(20-13)12-9-18-19(10-12)15(11-22)5-7-17-8-6-15/h9-10,17,22H,5-8,11H2,1-4H3. The Morgan fingerprint density at radius 1 is 1.23 bits per heavy atom. The van der Waals surface area contributed by atoms with Crippen molar-refractivity contribution in [2.75, 3.05) is 18.8 Å². The van der Waals surface area contributed by atoms with Crippen molar-refractivity contribution in [1.82, 2.24) is 15.1 Å². The van der Waals surface area contributed by atoms with E-state index in [-0.39, 0.29) is 23.9 Å². The first-order valence-electron chi connectivity index (χ1n) is 8.02. The van der Waals surface area contributed by atoms with Crippen molar-refractivity contribution < 1.29 is 9.31 Å². The van der Waals surface area contributed by atoms with Crippen LogP contribution < -0.4 is 10.8 Å². The van der Waals surface area contributed by atoms with Gasteiger partial charge in [0.1, 0.15) is 0 Å². The number of piperidine rings is 1. The van der Waals surface area contributed by atoms with Crippen molar-refractivity contribution in [1.29, 1.82) is 0 Å². The van der Waals surface area contributed by atoms with Crippen LogP contribution in [0.2, 0.25) is 0 Å². The van der Waals surface area contributed by atoms with Gasteiger partial charge in [0.05, 0.1) is 16.7 Å². The third-order valence-electron chi connectivity index (χ3n) is 5.44. The number of aromatic nitrogens is 2. The van der Waals surface area contributed by atoms with Crippen LogP contribution in [0.3, 0.4) is 0 Å². The Labute approximate surface area is 138 Å². The van der Waals surface area contributed by atoms with E-state index in [2.05, 4.69) is 61.6 Å². The molecule has 22 heavy (non-hydrogen) atoms. The average molecular weight is 323 g/mol. The van der Waals surface area contributed by atoms with E-state index in [4.69, 9.17) is 9.31 Å². The second-order valence-electron chi connectivity index (χ2n) is 7.44. The van der Waals surface area contributed by atoms with Gasteiger partial charge in [-0.15, -0.1) is 0 Å². The molecular formula is C15H26BN3O2S. The van der Waals surface area contributed by atoms with E-state index in [1.54, 1.807) is 0 Å². The minimum absolute atomic E-state index is 0.00372. The van der Waals surface area contributed by atoms with Gasteiger partial charge in [-0.3, -0.25) is 4.68 Å². The molecule has 2 aliphatic rings. The lowest BCUT2D eigenvalue weighted by molar-refractivity contribution is 0.00578. The zero-order chi connectivity index (χ0) is 16.0. The summed E-state index contributed by atoms with van der Waals surface area (Å²) in [6, 6.07) is 0. The Bertz CT molecular complexity index is 525. The van der Waals surface area contributed by atoms with E-state index in [1.165, 1.54) is 0 Å². The van der Waals surface area contributed by atoms with Crippen molar-refractivity contribution in [3.05, 3.63) is 12.4 Å². The van der Waals surface area contributed by atoms with Crippen LogP contribution in [-0.2, 0) is 14.8 Å². The van der Waals surface area contributed by atoms with E-state index < -0.39 is 0 Å². The fourth-order valence-corrected chi connectivity index (χ4v) is 3.51. The number of thiol groups is 1. The molecule has 122 valence electrons. The van der Waals surface area contributed by atoms with Crippen molar-refractivity contribution in [2.24, 2.45) is 0 Å². The molecule has 5 nitrogen and oxygen atoms in total. The molecule has 2 saturated heterocycles. The molecule has 0 saturated carbocycles. The van der Waals surface area contributed by atoms with Crippen molar-refractivity contribution >= 4 is 25.2 Å². The van der Waals surface area contributed by atoms with Gasteiger partial charge in [-0.05, 0) is 53.6 Å². The van der Waals surface area contributed by atoms with E-state index in [1.807, 2.05) is 6.20 Å². The summed E-state index contributed by atoms with van der Waals surface area (Å²) in [5.74, 6) is 0.791. The van der Waals surface area contributed by atoms with Crippen LogP contribution >= 0.6 is 12.6 Å². The molecule has 1 aromatic heterocycles. The molecule has 1 aromatic rings. The molecular weight excluding hydrogens is 297 g/mol. The Kier molecular flexibility index (Phi) is 4.13. The number of rotatable bonds is 3. The molecule has 2 aliphatic heterocycles. The lowest BCUT2D eigenvalue weighted by Crippen LogP contribution is -2.46. The zero-order valence-corrected chi connectivity index (χ0v) is 14.8. The van der Waals surface area contributed by atoms with Gasteiger partial charge in [0.2, 0.25) is 0 Å². The number of nitrogens with one attached hydrogen (secondary N) is 1. The normalized spacial score (nSPS) is 26.3. The van der Waals surface area contributed by atoms with Gasteiger partial charge < -0.3 is 14.6 Å². The maximum Gasteiger partial charge on any atom is 0.498 e. The van der Waals surface area contributed by atoms with Crippen LogP contribution in [0.15, 0.2) is 12.4 Å². The fourth-order valence-electron chi connectivity index (χ4n) is 3.05.